The average molecular weight is 300 g/mol. The van der Waals surface area contributed by atoms with Gasteiger partial charge >= 0.3 is 5.97 Å². The molecule has 0 radical (unpaired) electrons. The Hall–Kier alpha value is -2.67. The molecule has 3 aromatic heterocycles. The Morgan fingerprint density at radius 1 is 1.33 bits per heavy atom. The molecule has 0 aliphatic carbocycles. The van der Waals surface area contributed by atoms with Gasteiger partial charge in [-0.1, -0.05) is 0 Å². The molecule has 2 N–H and O–H groups in total. The maximum atomic E-state index is 10.9. The SMILES string of the molecule is O=C(O)c1ccnc(NCc2ccsc2-n2cccc2)n1. The quantitative estimate of drug-likeness (QED) is 0.757. The largest absolute Gasteiger partial charge is 0.477 e. The lowest BCUT2D eigenvalue weighted by Crippen LogP contribution is -2.08. The minimum Gasteiger partial charge on any atom is -0.477 e. The molecule has 106 valence electrons. The third-order valence-corrected chi connectivity index (χ3v) is 3.84. The van der Waals surface area contributed by atoms with E-state index in [4.69, 9.17) is 5.11 Å². The fourth-order valence-corrected chi connectivity index (χ4v) is 2.79. The molecular weight excluding hydrogens is 288 g/mol. The van der Waals surface area contributed by atoms with Gasteiger partial charge in [-0.15, -0.1) is 11.3 Å². The molecule has 0 amide bonds. The van der Waals surface area contributed by atoms with Gasteiger partial charge in [-0.3, -0.25) is 0 Å². The van der Waals surface area contributed by atoms with E-state index in [9.17, 15) is 4.79 Å². The first-order chi connectivity index (χ1) is 10.2. The first-order valence-corrected chi connectivity index (χ1v) is 7.12. The molecule has 3 rings (SSSR count). The van der Waals surface area contributed by atoms with E-state index in [2.05, 4.69) is 15.3 Å². The summed E-state index contributed by atoms with van der Waals surface area (Å²) < 4.78 is 2.04. The number of rotatable bonds is 5. The van der Waals surface area contributed by atoms with Gasteiger partial charge in [0.15, 0.2) is 5.69 Å². The Bertz CT molecular complexity index is 752. The summed E-state index contributed by atoms with van der Waals surface area (Å²) in [6.07, 6.45) is 5.40. The normalized spacial score (nSPS) is 10.5. The van der Waals surface area contributed by atoms with E-state index in [0.29, 0.717) is 12.5 Å². The number of aromatic carboxylic acids is 1. The van der Waals surface area contributed by atoms with Crippen LogP contribution in [0.1, 0.15) is 16.1 Å². The Morgan fingerprint density at radius 3 is 2.90 bits per heavy atom. The number of nitrogens with one attached hydrogen (secondary N) is 1. The molecule has 0 bridgehead atoms. The second-order valence-electron chi connectivity index (χ2n) is 4.27. The number of hydrogen-bond acceptors (Lipinski definition) is 5. The van der Waals surface area contributed by atoms with Crippen molar-refractivity contribution in [3.8, 4) is 5.00 Å². The van der Waals surface area contributed by atoms with Gasteiger partial charge in [-0.25, -0.2) is 14.8 Å². The lowest BCUT2D eigenvalue weighted by Gasteiger charge is -2.07. The highest BCUT2D eigenvalue weighted by atomic mass is 32.1. The molecule has 0 aliphatic heterocycles. The summed E-state index contributed by atoms with van der Waals surface area (Å²) in [7, 11) is 0. The van der Waals surface area contributed by atoms with E-state index in [1.165, 1.54) is 12.3 Å². The van der Waals surface area contributed by atoms with Crippen LogP contribution in [0.25, 0.3) is 5.00 Å². The Balaban J connectivity index is 1.76. The van der Waals surface area contributed by atoms with E-state index < -0.39 is 5.97 Å². The molecule has 0 aliphatic rings. The topological polar surface area (TPSA) is 80.0 Å². The zero-order valence-electron chi connectivity index (χ0n) is 10.9. The Morgan fingerprint density at radius 2 is 2.14 bits per heavy atom. The first-order valence-electron chi connectivity index (χ1n) is 6.24. The van der Waals surface area contributed by atoms with Crippen molar-refractivity contribution >= 4 is 23.3 Å². The van der Waals surface area contributed by atoms with Crippen molar-refractivity contribution in [3.05, 3.63) is 59.5 Å². The third-order valence-electron chi connectivity index (χ3n) is 2.87. The van der Waals surface area contributed by atoms with Crippen molar-refractivity contribution < 1.29 is 9.90 Å². The molecule has 0 saturated heterocycles. The zero-order chi connectivity index (χ0) is 14.7. The highest BCUT2D eigenvalue weighted by Crippen LogP contribution is 2.22. The van der Waals surface area contributed by atoms with Gasteiger partial charge in [-0.2, -0.15) is 0 Å². The number of aromatic nitrogens is 3. The minimum absolute atomic E-state index is 0.0246. The van der Waals surface area contributed by atoms with Crippen molar-refractivity contribution in [2.24, 2.45) is 0 Å². The van der Waals surface area contributed by atoms with E-state index in [-0.39, 0.29) is 5.69 Å². The van der Waals surface area contributed by atoms with Crippen LogP contribution in [0.4, 0.5) is 5.95 Å². The van der Waals surface area contributed by atoms with Gasteiger partial charge in [-0.05, 0) is 29.6 Å². The van der Waals surface area contributed by atoms with Crippen LogP contribution in [-0.4, -0.2) is 25.6 Å². The smallest absolute Gasteiger partial charge is 0.354 e. The van der Waals surface area contributed by atoms with E-state index in [1.54, 1.807) is 11.3 Å². The fourth-order valence-electron chi connectivity index (χ4n) is 1.90. The van der Waals surface area contributed by atoms with Crippen molar-refractivity contribution in [3.63, 3.8) is 0 Å². The van der Waals surface area contributed by atoms with E-state index >= 15 is 0 Å². The second-order valence-corrected chi connectivity index (χ2v) is 5.16. The average Bonchev–Trinajstić information content (AvgIpc) is 3.16. The number of nitrogens with zero attached hydrogens (tertiary/aromatic N) is 3. The standard InChI is InChI=1S/C14H12N4O2S/c19-13(20)11-3-5-15-14(17-11)16-9-10-4-8-21-12(10)18-6-1-2-7-18/h1-8H,9H2,(H,19,20)(H,15,16,17). The lowest BCUT2D eigenvalue weighted by molar-refractivity contribution is 0.0690. The van der Waals surface area contributed by atoms with Crippen LogP contribution in [0.5, 0.6) is 0 Å². The molecule has 0 saturated carbocycles. The van der Waals surface area contributed by atoms with Crippen LogP contribution in [-0.2, 0) is 6.54 Å². The zero-order valence-corrected chi connectivity index (χ0v) is 11.7. The van der Waals surface area contributed by atoms with E-state index in [0.717, 1.165) is 10.6 Å². The summed E-state index contributed by atoms with van der Waals surface area (Å²) in [5.74, 6) is -0.761. The Labute approximate surface area is 124 Å². The molecule has 0 fully saturated rings. The molecule has 0 unspecified atom stereocenters. The molecule has 0 spiro atoms. The highest BCUT2D eigenvalue weighted by molar-refractivity contribution is 7.12. The summed E-state index contributed by atoms with van der Waals surface area (Å²) in [6, 6.07) is 7.32. The predicted molar refractivity (Wildman–Crippen MR) is 80.0 cm³/mol. The molecule has 6 nitrogen and oxygen atoms in total. The number of anilines is 1. The minimum atomic E-state index is -1.07. The molecular formula is C14H12N4O2S. The summed E-state index contributed by atoms with van der Waals surface area (Å²) >= 11 is 1.64. The van der Waals surface area contributed by atoms with Crippen LogP contribution < -0.4 is 5.32 Å². The van der Waals surface area contributed by atoms with E-state index in [1.807, 2.05) is 40.5 Å². The molecule has 0 atom stereocenters. The molecule has 7 heteroatoms. The molecule has 0 aromatic carbocycles. The number of carbonyl (C=O) groups is 1. The van der Waals surface area contributed by atoms with Crippen LogP contribution in [0, 0.1) is 0 Å². The van der Waals surface area contributed by atoms with Crippen molar-refractivity contribution in [1.82, 2.24) is 14.5 Å². The maximum Gasteiger partial charge on any atom is 0.354 e. The van der Waals surface area contributed by atoms with Crippen LogP contribution in [0.15, 0.2) is 48.2 Å². The van der Waals surface area contributed by atoms with Crippen LogP contribution in [0.2, 0.25) is 0 Å². The molecule has 3 heterocycles. The summed E-state index contributed by atoms with van der Waals surface area (Å²) in [6.45, 7) is 0.528. The van der Waals surface area contributed by atoms with Gasteiger partial charge in [0.25, 0.3) is 0 Å². The van der Waals surface area contributed by atoms with Crippen molar-refractivity contribution in [2.75, 3.05) is 5.32 Å². The number of hydrogen-bond donors (Lipinski definition) is 2. The first kappa shape index (κ1) is 13.3. The summed E-state index contributed by atoms with van der Waals surface area (Å²) in [5, 5.41) is 15.1. The lowest BCUT2D eigenvalue weighted by atomic mass is 10.3. The van der Waals surface area contributed by atoms with Crippen LogP contribution >= 0.6 is 11.3 Å². The van der Waals surface area contributed by atoms with Crippen molar-refractivity contribution in [1.29, 1.82) is 0 Å². The number of carboxylic acid groups (broad SMARTS) is 1. The monoisotopic (exact) mass is 300 g/mol. The number of carboxylic acids is 1. The van der Waals surface area contributed by atoms with Gasteiger partial charge in [0.2, 0.25) is 5.95 Å². The summed E-state index contributed by atoms with van der Waals surface area (Å²) in [5.41, 5.74) is 1.07. The highest BCUT2D eigenvalue weighted by Gasteiger charge is 2.08. The fraction of sp³-hybridized carbons (Fsp3) is 0.0714. The van der Waals surface area contributed by atoms with Gasteiger partial charge in [0.05, 0.1) is 0 Å². The van der Waals surface area contributed by atoms with Gasteiger partial charge < -0.3 is 15.0 Å². The van der Waals surface area contributed by atoms with Gasteiger partial charge in [0.1, 0.15) is 5.00 Å². The maximum absolute atomic E-state index is 10.9. The summed E-state index contributed by atoms with van der Waals surface area (Å²) in [4.78, 5) is 18.8. The van der Waals surface area contributed by atoms with Crippen molar-refractivity contribution in [2.45, 2.75) is 6.54 Å². The van der Waals surface area contributed by atoms with Gasteiger partial charge in [0, 0.05) is 30.7 Å². The second kappa shape index (κ2) is 5.76. The van der Waals surface area contributed by atoms with Crippen LogP contribution in [0.3, 0.4) is 0 Å². The molecule has 21 heavy (non-hydrogen) atoms. The Kier molecular flexibility index (Phi) is 3.65. The third kappa shape index (κ3) is 2.92. The number of thiophene rings is 1. The molecule has 3 aromatic rings. The predicted octanol–water partition coefficient (Wildman–Crippen LogP) is 2.64.